The van der Waals surface area contributed by atoms with E-state index < -0.39 is 4.92 Å². The van der Waals surface area contributed by atoms with Crippen molar-refractivity contribution in [1.82, 2.24) is 0 Å². The summed E-state index contributed by atoms with van der Waals surface area (Å²) in [6, 6.07) is 26.3. The molecule has 4 aromatic rings. The van der Waals surface area contributed by atoms with Crippen LogP contribution in [-0.2, 0) is 4.79 Å². The van der Waals surface area contributed by atoms with Crippen LogP contribution < -0.4 is 4.90 Å². The third kappa shape index (κ3) is 4.75. The summed E-state index contributed by atoms with van der Waals surface area (Å²) >= 11 is 7.15. The Hall–Kier alpha value is -4.14. The fourth-order valence-corrected chi connectivity index (χ4v) is 4.68. The SMILES string of the molecule is O=C1C(=Cc2ccc(-c3ccc(Cl)cc3[N+](=O)[O-])o2)SC(=Nc2ccccc2)N1c1ccccc1. The van der Waals surface area contributed by atoms with Gasteiger partial charge in [0, 0.05) is 17.2 Å². The number of rotatable bonds is 5. The first kappa shape index (κ1) is 22.6. The zero-order chi connectivity index (χ0) is 24.4. The molecule has 1 aliphatic rings. The fourth-order valence-electron chi connectivity index (χ4n) is 3.54. The maximum absolute atomic E-state index is 13.4. The Bertz CT molecular complexity index is 1480. The zero-order valence-electron chi connectivity index (χ0n) is 18.0. The van der Waals surface area contributed by atoms with E-state index in [0.29, 0.717) is 32.8 Å². The van der Waals surface area contributed by atoms with Gasteiger partial charge < -0.3 is 4.42 Å². The molecule has 5 rings (SSSR count). The summed E-state index contributed by atoms with van der Waals surface area (Å²) in [6.45, 7) is 0. The number of hydrogen-bond donors (Lipinski definition) is 0. The molecule has 0 radical (unpaired) electrons. The minimum atomic E-state index is -0.512. The third-order valence-electron chi connectivity index (χ3n) is 5.12. The number of halogens is 1. The van der Waals surface area contributed by atoms with Crippen molar-refractivity contribution < 1.29 is 14.1 Å². The number of thioether (sulfide) groups is 1. The van der Waals surface area contributed by atoms with Crippen molar-refractivity contribution in [2.75, 3.05) is 4.90 Å². The summed E-state index contributed by atoms with van der Waals surface area (Å²) in [4.78, 5) is 31.0. The maximum Gasteiger partial charge on any atom is 0.281 e. The Morgan fingerprint density at radius 1 is 0.971 bits per heavy atom. The summed E-state index contributed by atoms with van der Waals surface area (Å²) in [6.07, 6.45) is 1.61. The number of amides is 1. The van der Waals surface area contributed by atoms with Gasteiger partial charge in [0.25, 0.3) is 11.6 Å². The van der Waals surface area contributed by atoms with Crippen LogP contribution in [0.3, 0.4) is 0 Å². The molecule has 172 valence electrons. The van der Waals surface area contributed by atoms with Crippen LogP contribution >= 0.6 is 23.4 Å². The highest BCUT2D eigenvalue weighted by atomic mass is 35.5. The minimum absolute atomic E-state index is 0.162. The number of carbonyl (C=O) groups is 1. The van der Waals surface area contributed by atoms with E-state index in [0.717, 1.165) is 5.69 Å². The molecule has 0 spiro atoms. The van der Waals surface area contributed by atoms with Gasteiger partial charge in [-0.2, -0.15) is 0 Å². The summed E-state index contributed by atoms with van der Waals surface area (Å²) in [5.41, 5.74) is 1.55. The highest BCUT2D eigenvalue weighted by Gasteiger charge is 2.35. The molecule has 1 fully saturated rings. The lowest BCUT2D eigenvalue weighted by Gasteiger charge is -2.15. The first-order valence-electron chi connectivity index (χ1n) is 10.5. The number of aliphatic imine (C=N–C) groups is 1. The predicted molar refractivity (Wildman–Crippen MR) is 139 cm³/mol. The van der Waals surface area contributed by atoms with E-state index in [-0.39, 0.29) is 16.6 Å². The molecule has 1 saturated heterocycles. The van der Waals surface area contributed by atoms with Crippen molar-refractivity contribution in [2.45, 2.75) is 0 Å². The normalized spacial score (nSPS) is 15.8. The molecule has 0 bridgehead atoms. The monoisotopic (exact) mass is 501 g/mol. The predicted octanol–water partition coefficient (Wildman–Crippen LogP) is 7.32. The fraction of sp³-hybridized carbons (Fsp3) is 0. The second-order valence-corrected chi connectivity index (χ2v) is 8.88. The highest BCUT2D eigenvalue weighted by Crippen LogP contribution is 2.38. The second kappa shape index (κ2) is 9.61. The number of para-hydroxylation sites is 2. The Morgan fingerprint density at radius 2 is 1.69 bits per heavy atom. The highest BCUT2D eigenvalue weighted by molar-refractivity contribution is 8.19. The van der Waals surface area contributed by atoms with E-state index in [1.54, 1.807) is 29.2 Å². The van der Waals surface area contributed by atoms with Gasteiger partial charge in [0.15, 0.2) is 5.17 Å². The molecule has 0 aliphatic carbocycles. The van der Waals surface area contributed by atoms with Crippen molar-refractivity contribution >= 4 is 57.6 Å². The molecule has 3 aromatic carbocycles. The van der Waals surface area contributed by atoms with Crippen LogP contribution in [0, 0.1) is 10.1 Å². The number of anilines is 1. The number of nitro groups is 1. The molecular formula is C26H16ClN3O4S. The van der Waals surface area contributed by atoms with Gasteiger partial charge in [-0.3, -0.25) is 19.8 Å². The summed E-state index contributed by atoms with van der Waals surface area (Å²) < 4.78 is 5.86. The first-order valence-corrected chi connectivity index (χ1v) is 11.7. The molecule has 35 heavy (non-hydrogen) atoms. The van der Waals surface area contributed by atoms with Crippen LogP contribution in [0.15, 0.2) is 105 Å². The molecule has 0 saturated carbocycles. The summed E-state index contributed by atoms with van der Waals surface area (Å²) in [7, 11) is 0. The summed E-state index contributed by atoms with van der Waals surface area (Å²) in [5, 5.41) is 12.2. The van der Waals surface area contributed by atoms with Crippen molar-refractivity contribution in [1.29, 1.82) is 0 Å². The van der Waals surface area contributed by atoms with E-state index in [1.165, 1.54) is 23.9 Å². The van der Waals surface area contributed by atoms with Crippen molar-refractivity contribution in [3.05, 3.63) is 117 Å². The molecular weight excluding hydrogens is 486 g/mol. The largest absolute Gasteiger partial charge is 0.456 e. The molecule has 7 nitrogen and oxygen atoms in total. The molecule has 0 unspecified atom stereocenters. The molecule has 1 aromatic heterocycles. The number of amidine groups is 1. The lowest BCUT2D eigenvalue weighted by molar-refractivity contribution is -0.384. The third-order valence-corrected chi connectivity index (χ3v) is 6.33. The van der Waals surface area contributed by atoms with E-state index >= 15 is 0 Å². The van der Waals surface area contributed by atoms with Crippen LogP contribution in [0.2, 0.25) is 5.02 Å². The Labute approximate surface area is 209 Å². The zero-order valence-corrected chi connectivity index (χ0v) is 19.6. The van der Waals surface area contributed by atoms with Gasteiger partial charge in [0.05, 0.1) is 26.8 Å². The first-order chi connectivity index (χ1) is 17.0. The van der Waals surface area contributed by atoms with Gasteiger partial charge in [0.2, 0.25) is 0 Å². The number of furan rings is 1. The average Bonchev–Trinajstić information content (AvgIpc) is 3.44. The molecule has 2 heterocycles. The Balaban J connectivity index is 1.51. The van der Waals surface area contributed by atoms with Gasteiger partial charge in [-0.05, 0) is 60.3 Å². The van der Waals surface area contributed by atoms with Crippen LogP contribution in [0.5, 0.6) is 0 Å². The topological polar surface area (TPSA) is 88.9 Å². The van der Waals surface area contributed by atoms with Gasteiger partial charge in [-0.1, -0.05) is 48.0 Å². The quantitative estimate of drug-likeness (QED) is 0.162. The van der Waals surface area contributed by atoms with E-state index in [4.69, 9.17) is 16.0 Å². The molecule has 1 aliphatic heterocycles. The number of benzene rings is 3. The average molecular weight is 502 g/mol. The Morgan fingerprint density at radius 3 is 2.40 bits per heavy atom. The van der Waals surface area contributed by atoms with Gasteiger partial charge in [-0.25, -0.2) is 4.99 Å². The van der Waals surface area contributed by atoms with Gasteiger partial charge in [-0.15, -0.1) is 0 Å². The molecule has 9 heteroatoms. The number of nitrogens with zero attached hydrogens (tertiary/aromatic N) is 3. The number of hydrogen-bond acceptors (Lipinski definition) is 6. The van der Waals surface area contributed by atoms with Gasteiger partial charge in [0.1, 0.15) is 11.5 Å². The standard InChI is InChI=1S/C26H16ClN3O4S/c27-17-11-13-21(22(15-17)30(32)33)23-14-12-20(34-23)16-24-25(31)29(19-9-5-2-6-10-19)26(35-24)28-18-7-3-1-4-8-18/h1-16H. The van der Waals surface area contributed by atoms with E-state index in [9.17, 15) is 14.9 Å². The number of carbonyl (C=O) groups excluding carboxylic acids is 1. The van der Waals surface area contributed by atoms with Crippen molar-refractivity contribution in [2.24, 2.45) is 4.99 Å². The second-order valence-electron chi connectivity index (χ2n) is 7.44. The van der Waals surface area contributed by atoms with E-state index in [2.05, 4.69) is 4.99 Å². The van der Waals surface area contributed by atoms with Crippen molar-refractivity contribution in [3.8, 4) is 11.3 Å². The van der Waals surface area contributed by atoms with Crippen LogP contribution in [-0.4, -0.2) is 16.0 Å². The lowest BCUT2D eigenvalue weighted by Crippen LogP contribution is -2.28. The van der Waals surface area contributed by atoms with Crippen molar-refractivity contribution in [3.63, 3.8) is 0 Å². The maximum atomic E-state index is 13.4. The smallest absolute Gasteiger partial charge is 0.281 e. The summed E-state index contributed by atoms with van der Waals surface area (Å²) in [5.74, 6) is 0.439. The van der Waals surface area contributed by atoms with Crippen LogP contribution in [0.1, 0.15) is 5.76 Å². The van der Waals surface area contributed by atoms with Gasteiger partial charge >= 0.3 is 0 Å². The minimum Gasteiger partial charge on any atom is -0.456 e. The lowest BCUT2D eigenvalue weighted by atomic mass is 10.1. The molecule has 1 amide bonds. The van der Waals surface area contributed by atoms with Crippen LogP contribution in [0.4, 0.5) is 17.1 Å². The molecule has 0 N–H and O–H groups in total. The Kier molecular flexibility index (Phi) is 6.22. The van der Waals surface area contributed by atoms with E-state index in [1.807, 2.05) is 60.7 Å². The van der Waals surface area contributed by atoms with Crippen LogP contribution in [0.25, 0.3) is 17.4 Å². The number of nitro benzene ring substituents is 1. The molecule has 0 atom stereocenters.